The van der Waals surface area contributed by atoms with E-state index in [9.17, 15) is 13.2 Å². The van der Waals surface area contributed by atoms with Crippen molar-refractivity contribution in [1.29, 1.82) is 0 Å². The van der Waals surface area contributed by atoms with E-state index < -0.39 is 12.8 Å². The van der Waals surface area contributed by atoms with Crippen LogP contribution in [0.5, 0.6) is 5.75 Å². The highest BCUT2D eigenvalue weighted by Gasteiger charge is 2.28. The maximum Gasteiger partial charge on any atom is 0.422 e. The van der Waals surface area contributed by atoms with E-state index in [1.807, 2.05) is 6.92 Å². The lowest BCUT2D eigenvalue weighted by Crippen LogP contribution is -2.36. The van der Waals surface area contributed by atoms with E-state index in [1.165, 1.54) is 6.07 Å². The van der Waals surface area contributed by atoms with Crippen LogP contribution < -0.4 is 15.4 Å². The van der Waals surface area contributed by atoms with Crippen molar-refractivity contribution in [3.63, 3.8) is 0 Å². The third-order valence-electron chi connectivity index (χ3n) is 3.11. The second-order valence-electron chi connectivity index (χ2n) is 5.16. The molecule has 5 nitrogen and oxygen atoms in total. The molecule has 1 aromatic carbocycles. The van der Waals surface area contributed by atoms with E-state index in [2.05, 4.69) is 20.6 Å². The second-order valence-corrected chi connectivity index (χ2v) is 6.47. The Morgan fingerprint density at radius 1 is 1.24 bits per heavy atom. The van der Waals surface area contributed by atoms with Gasteiger partial charge in [-0.3, -0.25) is 4.99 Å². The molecule has 0 aliphatic rings. The fraction of sp³-hybridized carbons (Fsp3) is 0.375. The van der Waals surface area contributed by atoms with Gasteiger partial charge < -0.3 is 15.4 Å². The first-order chi connectivity index (χ1) is 11.9. The normalized spacial score (nSPS) is 12.1. The summed E-state index contributed by atoms with van der Waals surface area (Å²) in [4.78, 5) is 9.46. The van der Waals surface area contributed by atoms with Crippen LogP contribution in [-0.4, -0.2) is 30.8 Å². The van der Waals surface area contributed by atoms with Crippen molar-refractivity contribution < 1.29 is 17.9 Å². The maximum atomic E-state index is 12.3. The number of aryl methyl sites for hydroxylation is 1. The Labute approximate surface area is 148 Å². The molecule has 0 saturated heterocycles. The van der Waals surface area contributed by atoms with Crippen LogP contribution >= 0.6 is 11.3 Å². The van der Waals surface area contributed by atoms with Crippen LogP contribution in [0, 0.1) is 6.92 Å². The summed E-state index contributed by atoms with van der Waals surface area (Å²) < 4.78 is 41.9. The van der Waals surface area contributed by atoms with Gasteiger partial charge in [0.05, 0.1) is 6.54 Å². The summed E-state index contributed by atoms with van der Waals surface area (Å²) in [6.45, 7) is 1.46. The fourth-order valence-corrected chi connectivity index (χ4v) is 2.72. The molecule has 0 bridgehead atoms. The largest absolute Gasteiger partial charge is 0.484 e. The molecular formula is C16H19F3N4OS. The van der Waals surface area contributed by atoms with Gasteiger partial charge in [0.1, 0.15) is 10.8 Å². The molecule has 0 aliphatic heterocycles. The number of ether oxygens (including phenoxy) is 1. The number of aliphatic imine (C=N–C) groups is 1. The number of guanidine groups is 1. The number of halogens is 3. The van der Waals surface area contributed by atoms with Crippen molar-refractivity contribution in [2.24, 2.45) is 4.99 Å². The molecule has 25 heavy (non-hydrogen) atoms. The van der Waals surface area contributed by atoms with Crippen LogP contribution in [0.15, 0.2) is 35.5 Å². The molecular weight excluding hydrogens is 353 g/mol. The molecule has 0 radical (unpaired) electrons. The smallest absolute Gasteiger partial charge is 0.422 e. The molecule has 0 unspecified atom stereocenters. The van der Waals surface area contributed by atoms with Crippen molar-refractivity contribution in [3.05, 3.63) is 45.9 Å². The highest BCUT2D eigenvalue weighted by atomic mass is 32.1. The zero-order valence-electron chi connectivity index (χ0n) is 13.9. The summed E-state index contributed by atoms with van der Waals surface area (Å²) in [6.07, 6.45) is -2.57. The van der Waals surface area contributed by atoms with Crippen LogP contribution in [0.4, 0.5) is 13.2 Å². The number of hydrogen-bond donors (Lipinski definition) is 2. The van der Waals surface area contributed by atoms with E-state index in [-0.39, 0.29) is 12.3 Å². The molecule has 0 atom stereocenters. The lowest BCUT2D eigenvalue weighted by Gasteiger charge is -2.15. The third kappa shape index (κ3) is 6.61. The standard InChI is InChI=1S/C16H19F3N4OS/c1-11-7-21-14(25-11)9-23-15(20-2)22-8-12-5-3-4-6-13(12)24-10-16(17,18)19/h3-7H,8-10H2,1-2H3,(H2,20,22,23). The van der Waals surface area contributed by atoms with Crippen LogP contribution in [0.3, 0.4) is 0 Å². The van der Waals surface area contributed by atoms with Gasteiger partial charge in [0.15, 0.2) is 12.6 Å². The highest BCUT2D eigenvalue weighted by molar-refractivity contribution is 7.11. The number of rotatable bonds is 6. The zero-order chi connectivity index (χ0) is 18.3. The molecule has 0 saturated carbocycles. The molecule has 2 rings (SSSR count). The fourth-order valence-electron chi connectivity index (χ4n) is 1.99. The minimum absolute atomic E-state index is 0.193. The molecule has 0 amide bonds. The predicted molar refractivity (Wildman–Crippen MR) is 91.9 cm³/mol. The Bertz CT molecular complexity index is 715. The molecule has 9 heteroatoms. The lowest BCUT2D eigenvalue weighted by atomic mass is 10.2. The number of thiazole rings is 1. The Kier molecular flexibility index (Phi) is 6.63. The number of nitrogens with one attached hydrogen (secondary N) is 2. The summed E-state index contributed by atoms with van der Waals surface area (Å²) in [5, 5.41) is 7.09. The van der Waals surface area contributed by atoms with Crippen LogP contribution in [-0.2, 0) is 13.1 Å². The van der Waals surface area contributed by atoms with Crippen molar-refractivity contribution >= 4 is 17.3 Å². The summed E-state index contributed by atoms with van der Waals surface area (Å²) in [5.74, 6) is 0.719. The first-order valence-corrected chi connectivity index (χ1v) is 8.32. The average Bonchev–Trinajstić information content (AvgIpc) is 2.98. The van der Waals surface area contributed by atoms with Gasteiger partial charge in [-0.25, -0.2) is 4.98 Å². The third-order valence-corrected chi connectivity index (χ3v) is 4.02. The number of aromatic nitrogens is 1. The predicted octanol–water partition coefficient (Wildman–Crippen LogP) is 3.26. The van der Waals surface area contributed by atoms with Crippen LogP contribution in [0.25, 0.3) is 0 Å². The van der Waals surface area contributed by atoms with E-state index in [1.54, 1.807) is 42.8 Å². The van der Waals surface area contributed by atoms with Gasteiger partial charge in [-0.05, 0) is 13.0 Å². The van der Waals surface area contributed by atoms with E-state index in [0.717, 1.165) is 9.88 Å². The Balaban J connectivity index is 1.90. The molecule has 1 aromatic heterocycles. The van der Waals surface area contributed by atoms with Gasteiger partial charge in [-0.15, -0.1) is 11.3 Å². The zero-order valence-corrected chi connectivity index (χ0v) is 14.7. The van der Waals surface area contributed by atoms with Gasteiger partial charge in [-0.2, -0.15) is 13.2 Å². The molecule has 2 aromatic rings. The Hall–Kier alpha value is -2.29. The minimum atomic E-state index is -4.37. The van der Waals surface area contributed by atoms with Gasteiger partial charge in [0.25, 0.3) is 0 Å². The average molecular weight is 372 g/mol. The number of benzene rings is 1. The first kappa shape index (κ1) is 19.0. The monoisotopic (exact) mass is 372 g/mol. The maximum absolute atomic E-state index is 12.3. The summed E-state index contributed by atoms with van der Waals surface area (Å²) in [5.41, 5.74) is 0.611. The summed E-state index contributed by atoms with van der Waals surface area (Å²) >= 11 is 1.58. The van der Waals surface area contributed by atoms with E-state index >= 15 is 0 Å². The van der Waals surface area contributed by atoms with Crippen molar-refractivity contribution in [1.82, 2.24) is 15.6 Å². The quantitative estimate of drug-likeness (QED) is 0.604. The van der Waals surface area contributed by atoms with Crippen molar-refractivity contribution in [2.45, 2.75) is 26.2 Å². The van der Waals surface area contributed by atoms with E-state index in [0.29, 0.717) is 18.1 Å². The van der Waals surface area contributed by atoms with E-state index in [4.69, 9.17) is 4.74 Å². The lowest BCUT2D eigenvalue weighted by molar-refractivity contribution is -0.153. The molecule has 0 aliphatic carbocycles. The number of alkyl halides is 3. The number of para-hydroxylation sites is 1. The molecule has 0 fully saturated rings. The van der Waals surface area contributed by atoms with Crippen LogP contribution in [0.1, 0.15) is 15.4 Å². The molecule has 0 spiro atoms. The number of nitrogens with zero attached hydrogens (tertiary/aromatic N) is 2. The van der Waals surface area contributed by atoms with Crippen LogP contribution in [0.2, 0.25) is 0 Å². The molecule has 1 heterocycles. The first-order valence-electron chi connectivity index (χ1n) is 7.50. The number of hydrogen-bond acceptors (Lipinski definition) is 4. The Morgan fingerprint density at radius 3 is 2.60 bits per heavy atom. The van der Waals surface area contributed by atoms with Gasteiger partial charge >= 0.3 is 6.18 Å². The second kappa shape index (κ2) is 8.70. The summed E-state index contributed by atoms with van der Waals surface area (Å²) in [7, 11) is 1.62. The van der Waals surface area contributed by atoms with Crippen molar-refractivity contribution in [2.75, 3.05) is 13.7 Å². The Morgan fingerprint density at radius 2 is 1.96 bits per heavy atom. The summed E-state index contributed by atoms with van der Waals surface area (Å²) in [6, 6.07) is 6.59. The van der Waals surface area contributed by atoms with Gasteiger partial charge in [0.2, 0.25) is 0 Å². The topological polar surface area (TPSA) is 58.5 Å². The molecule has 2 N–H and O–H groups in total. The van der Waals surface area contributed by atoms with Gasteiger partial charge in [-0.1, -0.05) is 18.2 Å². The van der Waals surface area contributed by atoms with Gasteiger partial charge in [0, 0.05) is 30.2 Å². The highest BCUT2D eigenvalue weighted by Crippen LogP contribution is 2.22. The SMILES string of the molecule is CN=C(NCc1ncc(C)s1)NCc1ccccc1OCC(F)(F)F. The minimum Gasteiger partial charge on any atom is -0.484 e. The molecule has 136 valence electrons. The van der Waals surface area contributed by atoms with Crippen molar-refractivity contribution in [3.8, 4) is 5.75 Å².